The summed E-state index contributed by atoms with van der Waals surface area (Å²) in [7, 11) is 0. The van der Waals surface area contributed by atoms with Gasteiger partial charge in [0.25, 0.3) is 0 Å². The van der Waals surface area contributed by atoms with Crippen molar-refractivity contribution in [3.63, 3.8) is 0 Å². The number of hydrogen-bond donors (Lipinski definition) is 2. The van der Waals surface area contributed by atoms with Crippen LogP contribution in [-0.2, 0) is 14.3 Å². The topological polar surface area (TPSA) is 95.9 Å². The number of nitrogens with one attached hydrogen (secondary N) is 1. The van der Waals surface area contributed by atoms with Gasteiger partial charge in [-0.15, -0.1) is 0 Å². The Morgan fingerprint density at radius 2 is 1.61 bits per heavy atom. The standard InChI is InChI=1S/C26H32N2O5/c1-4-18(13-14-24(29)28(17(2)3)15-25(30)31)27-26(32)33-16-23-21-11-7-5-9-19(21)20-10-6-8-12-22(20)23/h5-12,17-18,23H,4,13-16H2,1-3H3,(H,27,32)(H,30,31). The van der Waals surface area contributed by atoms with Crippen LogP contribution in [0.3, 0.4) is 0 Å². The minimum Gasteiger partial charge on any atom is -0.480 e. The maximum atomic E-state index is 12.5. The second kappa shape index (κ2) is 11.0. The van der Waals surface area contributed by atoms with Crippen LogP contribution in [0, 0.1) is 0 Å². The number of alkyl carbamates (subject to hydrolysis) is 1. The first kappa shape index (κ1) is 24.3. The molecule has 0 aromatic heterocycles. The Morgan fingerprint density at radius 3 is 2.12 bits per heavy atom. The molecule has 0 aliphatic heterocycles. The van der Waals surface area contributed by atoms with E-state index >= 15 is 0 Å². The number of nitrogens with zero attached hydrogens (tertiary/aromatic N) is 1. The fraction of sp³-hybridized carbons (Fsp3) is 0.423. The molecule has 2 aromatic rings. The van der Waals surface area contributed by atoms with Crippen molar-refractivity contribution in [1.82, 2.24) is 10.2 Å². The molecule has 0 bridgehead atoms. The molecule has 7 heteroatoms. The van der Waals surface area contributed by atoms with Crippen LogP contribution in [-0.4, -0.2) is 53.2 Å². The molecule has 0 saturated carbocycles. The van der Waals surface area contributed by atoms with Gasteiger partial charge in [-0.25, -0.2) is 4.79 Å². The molecule has 2 aromatic carbocycles. The summed E-state index contributed by atoms with van der Waals surface area (Å²) in [5, 5.41) is 11.9. The summed E-state index contributed by atoms with van der Waals surface area (Å²) in [5.41, 5.74) is 4.64. The van der Waals surface area contributed by atoms with Gasteiger partial charge < -0.3 is 20.1 Å². The highest BCUT2D eigenvalue weighted by Gasteiger charge is 2.29. The van der Waals surface area contributed by atoms with E-state index in [0.29, 0.717) is 12.8 Å². The number of hydrogen-bond acceptors (Lipinski definition) is 4. The van der Waals surface area contributed by atoms with Crippen molar-refractivity contribution >= 4 is 18.0 Å². The van der Waals surface area contributed by atoms with Gasteiger partial charge in [-0.3, -0.25) is 9.59 Å². The molecule has 0 saturated heterocycles. The van der Waals surface area contributed by atoms with Gasteiger partial charge in [0.1, 0.15) is 13.2 Å². The number of benzene rings is 2. The van der Waals surface area contributed by atoms with E-state index in [1.165, 1.54) is 16.0 Å². The van der Waals surface area contributed by atoms with Crippen LogP contribution < -0.4 is 5.32 Å². The van der Waals surface area contributed by atoms with E-state index in [4.69, 9.17) is 9.84 Å². The van der Waals surface area contributed by atoms with Gasteiger partial charge in [0, 0.05) is 24.4 Å². The molecular weight excluding hydrogens is 420 g/mol. The predicted octanol–water partition coefficient (Wildman–Crippen LogP) is 4.41. The largest absolute Gasteiger partial charge is 0.480 e. The fourth-order valence-electron chi connectivity index (χ4n) is 4.33. The number of rotatable bonds is 10. The lowest BCUT2D eigenvalue weighted by Crippen LogP contribution is -2.42. The first-order valence-corrected chi connectivity index (χ1v) is 11.4. The number of carbonyl (C=O) groups excluding carboxylic acids is 2. The van der Waals surface area contributed by atoms with E-state index in [2.05, 4.69) is 29.6 Å². The van der Waals surface area contributed by atoms with Gasteiger partial charge in [0.2, 0.25) is 5.91 Å². The Labute approximate surface area is 194 Å². The Kier molecular flexibility index (Phi) is 8.09. The Morgan fingerprint density at radius 1 is 1.03 bits per heavy atom. The van der Waals surface area contributed by atoms with Gasteiger partial charge in [0.15, 0.2) is 0 Å². The van der Waals surface area contributed by atoms with Crippen molar-refractivity contribution in [1.29, 1.82) is 0 Å². The monoisotopic (exact) mass is 452 g/mol. The number of ether oxygens (including phenoxy) is 1. The smallest absolute Gasteiger partial charge is 0.407 e. The molecule has 1 unspecified atom stereocenters. The summed E-state index contributed by atoms with van der Waals surface area (Å²) in [4.78, 5) is 37.4. The first-order valence-electron chi connectivity index (χ1n) is 11.4. The normalized spacial score (nSPS) is 13.2. The van der Waals surface area contributed by atoms with Crippen LogP contribution in [0.5, 0.6) is 0 Å². The van der Waals surface area contributed by atoms with E-state index < -0.39 is 12.1 Å². The SMILES string of the molecule is CCC(CCC(=O)N(CC(=O)O)C(C)C)NC(=O)OCC1c2ccccc2-c2ccccc21. The van der Waals surface area contributed by atoms with Crippen molar-refractivity contribution in [2.45, 2.75) is 58.0 Å². The highest BCUT2D eigenvalue weighted by atomic mass is 16.5. The van der Waals surface area contributed by atoms with E-state index in [1.807, 2.05) is 31.2 Å². The van der Waals surface area contributed by atoms with Gasteiger partial charge in [-0.1, -0.05) is 55.5 Å². The zero-order valence-electron chi connectivity index (χ0n) is 19.4. The van der Waals surface area contributed by atoms with Crippen molar-refractivity contribution < 1.29 is 24.2 Å². The number of carboxylic acid groups (broad SMARTS) is 1. The maximum Gasteiger partial charge on any atom is 0.407 e. The summed E-state index contributed by atoms with van der Waals surface area (Å²) in [6.07, 6.45) is 0.705. The second-order valence-electron chi connectivity index (χ2n) is 8.62. The van der Waals surface area contributed by atoms with Crippen LogP contribution >= 0.6 is 0 Å². The van der Waals surface area contributed by atoms with Crippen LogP contribution in [0.4, 0.5) is 4.79 Å². The van der Waals surface area contributed by atoms with Gasteiger partial charge in [0.05, 0.1) is 0 Å². The third-order valence-electron chi connectivity index (χ3n) is 6.11. The van der Waals surface area contributed by atoms with E-state index in [-0.39, 0.29) is 43.5 Å². The Bertz CT molecular complexity index is 958. The molecule has 2 amide bonds. The van der Waals surface area contributed by atoms with E-state index in [9.17, 15) is 14.4 Å². The molecule has 1 atom stereocenters. The molecule has 0 spiro atoms. The molecule has 0 heterocycles. The zero-order valence-corrected chi connectivity index (χ0v) is 19.4. The van der Waals surface area contributed by atoms with Crippen molar-refractivity contribution in [3.05, 3.63) is 59.7 Å². The lowest BCUT2D eigenvalue weighted by molar-refractivity contribution is -0.145. The molecule has 0 radical (unpaired) electrons. The molecule has 1 aliphatic carbocycles. The molecule has 1 aliphatic rings. The summed E-state index contributed by atoms with van der Waals surface area (Å²) < 4.78 is 5.59. The molecule has 176 valence electrons. The van der Waals surface area contributed by atoms with Crippen LogP contribution in [0.15, 0.2) is 48.5 Å². The summed E-state index contributed by atoms with van der Waals surface area (Å²) >= 11 is 0. The number of carbonyl (C=O) groups is 3. The number of carboxylic acids is 1. The van der Waals surface area contributed by atoms with Crippen molar-refractivity contribution in [3.8, 4) is 11.1 Å². The minimum absolute atomic E-state index is 0.0135. The number of fused-ring (bicyclic) bond motifs is 3. The third kappa shape index (κ3) is 5.92. The lowest BCUT2D eigenvalue weighted by atomic mass is 9.98. The second-order valence-corrected chi connectivity index (χ2v) is 8.62. The number of aliphatic carboxylic acids is 1. The predicted molar refractivity (Wildman–Crippen MR) is 126 cm³/mol. The molecule has 33 heavy (non-hydrogen) atoms. The van der Waals surface area contributed by atoms with Gasteiger partial charge in [-0.2, -0.15) is 0 Å². The van der Waals surface area contributed by atoms with E-state index in [1.54, 1.807) is 13.8 Å². The van der Waals surface area contributed by atoms with Crippen LogP contribution in [0.25, 0.3) is 11.1 Å². The quantitative estimate of drug-likeness (QED) is 0.557. The third-order valence-corrected chi connectivity index (χ3v) is 6.11. The lowest BCUT2D eigenvalue weighted by Gasteiger charge is -2.26. The Balaban J connectivity index is 1.55. The zero-order chi connectivity index (χ0) is 24.0. The average molecular weight is 453 g/mol. The molecular formula is C26H32N2O5. The molecule has 7 nitrogen and oxygen atoms in total. The highest BCUT2D eigenvalue weighted by Crippen LogP contribution is 2.44. The average Bonchev–Trinajstić information content (AvgIpc) is 3.12. The van der Waals surface area contributed by atoms with Gasteiger partial charge in [-0.05, 0) is 48.9 Å². The van der Waals surface area contributed by atoms with Crippen LogP contribution in [0.2, 0.25) is 0 Å². The minimum atomic E-state index is -1.04. The summed E-state index contributed by atoms with van der Waals surface area (Å²) in [6, 6.07) is 15.9. The maximum absolute atomic E-state index is 12.5. The van der Waals surface area contributed by atoms with Gasteiger partial charge >= 0.3 is 12.1 Å². The highest BCUT2D eigenvalue weighted by molar-refractivity contribution is 5.82. The molecule has 3 rings (SSSR count). The van der Waals surface area contributed by atoms with Crippen molar-refractivity contribution in [2.75, 3.05) is 13.2 Å². The molecule has 2 N–H and O–H groups in total. The summed E-state index contributed by atoms with van der Waals surface area (Å²) in [6.45, 7) is 5.40. The first-order chi connectivity index (χ1) is 15.8. The van der Waals surface area contributed by atoms with Crippen molar-refractivity contribution in [2.24, 2.45) is 0 Å². The van der Waals surface area contributed by atoms with Crippen LogP contribution in [0.1, 0.15) is 57.1 Å². The summed E-state index contributed by atoms with van der Waals surface area (Å²) in [5.74, 6) is -1.29. The Hall–Kier alpha value is -3.35. The fourth-order valence-corrected chi connectivity index (χ4v) is 4.33. The number of amides is 2. The molecule has 0 fully saturated rings. The van der Waals surface area contributed by atoms with E-state index in [0.717, 1.165) is 11.1 Å².